The van der Waals surface area contributed by atoms with Crippen LogP contribution < -0.4 is 10.6 Å². The lowest BCUT2D eigenvalue weighted by Gasteiger charge is -2.39. The zero-order chi connectivity index (χ0) is 18.7. The van der Waals surface area contributed by atoms with Crippen LogP contribution in [0.2, 0.25) is 0 Å². The molecule has 2 rings (SSSR count). The average Bonchev–Trinajstić information content (AvgIpc) is 2.52. The first-order chi connectivity index (χ1) is 11.7. The van der Waals surface area contributed by atoms with Gasteiger partial charge in [-0.05, 0) is 51.7 Å². The Bertz CT molecular complexity index is 654. The molecule has 0 saturated carbocycles. The van der Waals surface area contributed by atoms with Crippen LogP contribution in [0, 0.1) is 10.1 Å². The van der Waals surface area contributed by atoms with Gasteiger partial charge in [-0.25, -0.2) is 4.79 Å². The molecule has 1 amide bonds. The van der Waals surface area contributed by atoms with Gasteiger partial charge in [0.05, 0.1) is 4.92 Å². The molecule has 1 heterocycles. The number of rotatable bonds is 5. The van der Waals surface area contributed by atoms with Crippen LogP contribution in [0.4, 0.5) is 16.2 Å². The van der Waals surface area contributed by atoms with Crippen LogP contribution in [0.15, 0.2) is 18.2 Å². The van der Waals surface area contributed by atoms with Crippen LogP contribution in [0.5, 0.6) is 0 Å². The molecule has 0 aliphatic carbocycles. The molecule has 1 aromatic rings. The maximum atomic E-state index is 11.8. The zero-order valence-electron chi connectivity index (χ0n) is 15.3. The molecular formula is C18H27N3O4. The Hall–Kier alpha value is -2.31. The van der Waals surface area contributed by atoms with Gasteiger partial charge in [0.15, 0.2) is 0 Å². The number of nitro groups is 1. The summed E-state index contributed by atoms with van der Waals surface area (Å²) in [5, 5.41) is 17.1. The van der Waals surface area contributed by atoms with E-state index in [9.17, 15) is 14.9 Å². The van der Waals surface area contributed by atoms with Crippen LogP contribution in [0.3, 0.4) is 0 Å². The number of hydrogen-bond donors (Lipinski definition) is 2. The monoisotopic (exact) mass is 349 g/mol. The summed E-state index contributed by atoms with van der Waals surface area (Å²) >= 11 is 0. The average molecular weight is 349 g/mol. The number of nitrogens with one attached hydrogen (secondary N) is 2. The van der Waals surface area contributed by atoms with E-state index in [-0.39, 0.29) is 16.0 Å². The third-order valence-electron chi connectivity index (χ3n) is 4.65. The van der Waals surface area contributed by atoms with Crippen molar-refractivity contribution in [1.29, 1.82) is 0 Å². The molecule has 1 aromatic carbocycles. The summed E-state index contributed by atoms with van der Waals surface area (Å²) in [4.78, 5) is 22.5. The van der Waals surface area contributed by atoms with E-state index in [1.165, 1.54) is 0 Å². The first kappa shape index (κ1) is 19.0. The molecule has 1 aliphatic rings. The molecule has 7 nitrogen and oxygen atoms in total. The number of amides is 1. The number of carbonyl (C=O) groups is 1. The molecule has 0 radical (unpaired) electrons. The van der Waals surface area contributed by atoms with Gasteiger partial charge in [-0.15, -0.1) is 0 Å². The quantitative estimate of drug-likeness (QED) is 0.619. The molecule has 0 fully saturated rings. The Morgan fingerprint density at radius 1 is 1.44 bits per heavy atom. The molecule has 0 aromatic heterocycles. The molecule has 138 valence electrons. The second-order valence-electron chi connectivity index (χ2n) is 7.48. The number of non-ortho nitro benzene ring substituents is 1. The number of benzene rings is 1. The topological polar surface area (TPSA) is 93.5 Å². The molecule has 1 unspecified atom stereocenters. The zero-order valence-corrected chi connectivity index (χ0v) is 15.3. The number of anilines is 1. The number of fused-ring (bicyclic) bond motifs is 1. The minimum atomic E-state index is -0.521. The summed E-state index contributed by atoms with van der Waals surface area (Å²) in [6, 6.07) is 4.99. The number of nitro benzene ring substituents is 1. The van der Waals surface area contributed by atoms with Crippen LogP contribution >= 0.6 is 0 Å². The van der Waals surface area contributed by atoms with Crippen molar-refractivity contribution in [3.05, 3.63) is 33.9 Å². The smallest absolute Gasteiger partial charge is 0.407 e. The van der Waals surface area contributed by atoms with Gasteiger partial charge in [0.2, 0.25) is 0 Å². The fourth-order valence-electron chi connectivity index (χ4n) is 3.35. The first-order valence-electron chi connectivity index (χ1n) is 8.66. The van der Waals surface area contributed by atoms with E-state index in [2.05, 4.69) is 17.6 Å². The van der Waals surface area contributed by atoms with Gasteiger partial charge in [-0.3, -0.25) is 10.1 Å². The molecule has 2 N–H and O–H groups in total. The van der Waals surface area contributed by atoms with Gasteiger partial charge in [0.1, 0.15) is 5.60 Å². The van der Waals surface area contributed by atoms with Crippen molar-refractivity contribution >= 4 is 17.5 Å². The summed E-state index contributed by atoms with van der Waals surface area (Å²) < 4.78 is 5.27. The Labute approximate surface area is 148 Å². The van der Waals surface area contributed by atoms with E-state index < -0.39 is 11.7 Å². The van der Waals surface area contributed by atoms with E-state index >= 15 is 0 Å². The molecule has 25 heavy (non-hydrogen) atoms. The lowest BCUT2D eigenvalue weighted by atomic mass is 9.70. The molecule has 1 aliphatic heterocycles. The van der Waals surface area contributed by atoms with E-state index in [1.54, 1.807) is 12.1 Å². The minimum Gasteiger partial charge on any atom is -0.444 e. The normalized spacial score (nSPS) is 19.5. The molecular weight excluding hydrogens is 322 g/mol. The SMILES string of the molecule is CCC1(CCNC(=O)OC(C)(C)C)CCNc2cc([N+](=O)[O-])ccc21. The van der Waals surface area contributed by atoms with E-state index in [0.717, 1.165) is 37.1 Å². The fourth-order valence-corrected chi connectivity index (χ4v) is 3.35. The Balaban J connectivity index is 2.11. The van der Waals surface area contributed by atoms with Crippen molar-refractivity contribution in [2.24, 2.45) is 0 Å². The molecule has 7 heteroatoms. The third kappa shape index (κ3) is 4.61. The van der Waals surface area contributed by atoms with Crippen molar-refractivity contribution in [2.45, 2.75) is 58.0 Å². The summed E-state index contributed by atoms with van der Waals surface area (Å²) in [5.74, 6) is 0. The maximum Gasteiger partial charge on any atom is 0.407 e. The Kier molecular flexibility index (Phi) is 5.55. The highest BCUT2D eigenvalue weighted by atomic mass is 16.6. The van der Waals surface area contributed by atoms with Gasteiger partial charge >= 0.3 is 6.09 Å². The number of hydrogen-bond acceptors (Lipinski definition) is 5. The van der Waals surface area contributed by atoms with Gasteiger partial charge in [-0.2, -0.15) is 0 Å². The van der Waals surface area contributed by atoms with E-state index in [1.807, 2.05) is 26.8 Å². The van der Waals surface area contributed by atoms with Crippen molar-refractivity contribution in [3.8, 4) is 0 Å². The molecule has 0 spiro atoms. The van der Waals surface area contributed by atoms with Crippen LogP contribution in [-0.2, 0) is 10.2 Å². The standard InChI is InChI=1S/C18H27N3O4/c1-5-18(9-11-20-16(22)25-17(2,3)4)8-10-19-15-12-13(21(23)24)6-7-14(15)18/h6-7,12,19H,5,8-11H2,1-4H3,(H,20,22). The van der Waals surface area contributed by atoms with Crippen LogP contribution in [-0.4, -0.2) is 29.7 Å². The highest BCUT2D eigenvalue weighted by molar-refractivity contribution is 5.67. The van der Waals surface area contributed by atoms with E-state index in [0.29, 0.717) is 6.54 Å². The predicted octanol–water partition coefficient (Wildman–Crippen LogP) is 3.97. The van der Waals surface area contributed by atoms with Crippen molar-refractivity contribution in [3.63, 3.8) is 0 Å². The van der Waals surface area contributed by atoms with Gasteiger partial charge in [0, 0.05) is 36.3 Å². The summed E-state index contributed by atoms with van der Waals surface area (Å²) in [6.07, 6.45) is 2.16. The van der Waals surface area contributed by atoms with Crippen LogP contribution in [0.1, 0.15) is 52.5 Å². The second-order valence-corrected chi connectivity index (χ2v) is 7.48. The second kappa shape index (κ2) is 7.29. The largest absolute Gasteiger partial charge is 0.444 e. The first-order valence-corrected chi connectivity index (χ1v) is 8.66. The van der Waals surface area contributed by atoms with Crippen LogP contribution in [0.25, 0.3) is 0 Å². The van der Waals surface area contributed by atoms with Gasteiger partial charge in [-0.1, -0.05) is 6.92 Å². The highest BCUT2D eigenvalue weighted by Crippen LogP contribution is 2.43. The number of alkyl carbamates (subject to hydrolysis) is 1. The lowest BCUT2D eigenvalue weighted by molar-refractivity contribution is -0.384. The van der Waals surface area contributed by atoms with Crippen molar-refractivity contribution < 1.29 is 14.5 Å². The summed E-state index contributed by atoms with van der Waals surface area (Å²) in [6.45, 7) is 8.86. The molecule has 0 saturated heterocycles. The minimum absolute atomic E-state index is 0.0880. The maximum absolute atomic E-state index is 11.8. The highest BCUT2D eigenvalue weighted by Gasteiger charge is 2.35. The van der Waals surface area contributed by atoms with Crippen molar-refractivity contribution in [2.75, 3.05) is 18.4 Å². The Morgan fingerprint density at radius 2 is 2.16 bits per heavy atom. The lowest BCUT2D eigenvalue weighted by Crippen LogP contribution is -2.39. The summed E-state index contributed by atoms with van der Waals surface area (Å²) in [5.41, 5.74) is 1.36. The van der Waals surface area contributed by atoms with Gasteiger partial charge in [0.25, 0.3) is 5.69 Å². The van der Waals surface area contributed by atoms with Gasteiger partial charge < -0.3 is 15.4 Å². The number of carbonyl (C=O) groups excluding carboxylic acids is 1. The third-order valence-corrected chi connectivity index (χ3v) is 4.65. The number of ether oxygens (including phenoxy) is 1. The van der Waals surface area contributed by atoms with E-state index in [4.69, 9.17) is 4.74 Å². The Morgan fingerprint density at radius 3 is 2.76 bits per heavy atom. The fraction of sp³-hybridized carbons (Fsp3) is 0.611. The molecule has 0 bridgehead atoms. The predicted molar refractivity (Wildman–Crippen MR) is 97.0 cm³/mol. The summed E-state index contributed by atoms with van der Waals surface area (Å²) in [7, 11) is 0. The molecule has 1 atom stereocenters. The number of nitrogens with zero attached hydrogens (tertiary/aromatic N) is 1. The van der Waals surface area contributed by atoms with Crippen molar-refractivity contribution in [1.82, 2.24) is 5.32 Å².